The summed E-state index contributed by atoms with van der Waals surface area (Å²) in [6.07, 6.45) is 1.82. The van der Waals surface area contributed by atoms with Crippen LogP contribution in [0.15, 0.2) is 85.1 Å². The Morgan fingerprint density at radius 2 is 1.62 bits per heavy atom. The summed E-state index contributed by atoms with van der Waals surface area (Å²) in [4.78, 5) is 11.2. The van der Waals surface area contributed by atoms with Gasteiger partial charge in [-0.3, -0.25) is 9.00 Å². The first-order valence-corrected chi connectivity index (χ1v) is 10.0. The fraction of sp³-hybridized carbons (Fsp3) is 0.0455. The predicted octanol–water partition coefficient (Wildman–Crippen LogP) is 4.33. The number of nitrogens with one attached hydrogen (secondary N) is 1. The predicted molar refractivity (Wildman–Crippen MR) is 115 cm³/mol. The number of amides is 1. The number of fused-ring (bicyclic) bond motifs is 1. The first-order chi connectivity index (χ1) is 14.0. The van der Waals surface area contributed by atoms with Crippen LogP contribution in [0.3, 0.4) is 0 Å². The van der Waals surface area contributed by atoms with E-state index in [-0.39, 0.29) is 5.91 Å². The van der Waals surface area contributed by atoms with Crippen LogP contribution in [-0.2, 0) is 16.1 Å². The number of rotatable bonds is 5. The van der Waals surface area contributed by atoms with Crippen molar-refractivity contribution < 1.29 is 13.6 Å². The molecule has 1 N–H and O–H groups in total. The van der Waals surface area contributed by atoms with Gasteiger partial charge in [0, 0.05) is 29.8 Å². The highest BCUT2D eigenvalue weighted by atomic mass is 32.2. The fourth-order valence-electron chi connectivity index (χ4n) is 3.32. The van der Waals surface area contributed by atoms with Gasteiger partial charge in [0.15, 0.2) is 0 Å². The number of nitrogens with zero attached hydrogens (tertiary/aromatic N) is 2. The molecule has 0 aliphatic heterocycles. The second-order valence-corrected chi connectivity index (χ2v) is 7.27. The van der Waals surface area contributed by atoms with E-state index in [2.05, 4.69) is 5.32 Å². The van der Waals surface area contributed by atoms with E-state index in [9.17, 15) is 13.6 Å². The third-order valence-electron chi connectivity index (χ3n) is 4.52. The Morgan fingerprint density at radius 3 is 2.28 bits per heavy atom. The number of benzene rings is 3. The third kappa shape index (κ3) is 3.78. The minimum atomic E-state index is -2.56. The molecule has 6 nitrogen and oxygen atoms in total. The molecule has 0 aliphatic carbocycles. The fourth-order valence-corrected chi connectivity index (χ4v) is 3.89. The number of carbonyl (C=O) groups is 1. The van der Waals surface area contributed by atoms with Gasteiger partial charge in [-0.1, -0.05) is 48.5 Å². The minimum absolute atomic E-state index is 0.189. The van der Waals surface area contributed by atoms with Crippen LogP contribution >= 0.6 is 0 Å². The van der Waals surface area contributed by atoms with Gasteiger partial charge in [0.2, 0.25) is 5.91 Å². The van der Waals surface area contributed by atoms with E-state index >= 15 is 0 Å². The highest BCUT2D eigenvalue weighted by Gasteiger charge is 2.17. The smallest absolute Gasteiger partial charge is 0.221 e. The largest absolute Gasteiger partial charge is 0.754 e. The molecule has 0 spiro atoms. The summed E-state index contributed by atoms with van der Waals surface area (Å²) in [6.45, 7) is 1.42. The van der Waals surface area contributed by atoms with E-state index in [1.54, 1.807) is 28.9 Å². The molecule has 1 unspecified atom stereocenters. The molecule has 4 rings (SSSR count). The van der Waals surface area contributed by atoms with Crippen molar-refractivity contribution >= 4 is 39.5 Å². The van der Waals surface area contributed by atoms with Crippen molar-refractivity contribution in [3.8, 4) is 11.1 Å². The zero-order valence-corrected chi connectivity index (χ0v) is 16.4. The van der Waals surface area contributed by atoms with Gasteiger partial charge < -0.3 is 9.87 Å². The highest BCUT2D eigenvalue weighted by Crippen LogP contribution is 2.32. The molecule has 0 radical (unpaired) electrons. The van der Waals surface area contributed by atoms with Gasteiger partial charge in [0.05, 0.1) is 22.5 Å². The van der Waals surface area contributed by atoms with Crippen molar-refractivity contribution in [2.24, 2.45) is 0 Å². The quantitative estimate of drug-likeness (QED) is 0.503. The van der Waals surface area contributed by atoms with Gasteiger partial charge in [-0.2, -0.15) is 0 Å². The van der Waals surface area contributed by atoms with Crippen molar-refractivity contribution in [3.05, 3.63) is 85.1 Å². The summed E-state index contributed by atoms with van der Waals surface area (Å²) in [5, 5.41) is 3.63. The van der Waals surface area contributed by atoms with E-state index in [1.807, 2.05) is 60.8 Å². The Bertz CT molecular complexity index is 1190. The summed E-state index contributed by atoms with van der Waals surface area (Å²) < 4.78 is 27.2. The van der Waals surface area contributed by atoms with Crippen LogP contribution < -0.4 is 9.73 Å². The molecular weight excluding hydrogens is 386 g/mol. The molecule has 0 saturated heterocycles. The molecule has 1 amide bonds. The average Bonchev–Trinajstić information content (AvgIpc) is 3.09. The van der Waals surface area contributed by atoms with E-state index in [0.29, 0.717) is 11.4 Å². The Hall–Kier alpha value is -3.42. The lowest BCUT2D eigenvalue weighted by Crippen LogP contribution is -2.30. The van der Waals surface area contributed by atoms with Crippen LogP contribution in [0.25, 0.3) is 22.0 Å². The van der Waals surface area contributed by atoms with E-state index in [4.69, 9.17) is 0 Å². The Kier molecular flexibility index (Phi) is 5.16. The van der Waals surface area contributed by atoms with Gasteiger partial charge in [-0.25, -0.2) is 9.09 Å². The van der Waals surface area contributed by atoms with Gasteiger partial charge >= 0.3 is 0 Å². The molecule has 0 saturated carbocycles. The zero-order valence-electron chi connectivity index (χ0n) is 15.6. The summed E-state index contributed by atoms with van der Waals surface area (Å²) in [6, 6.07) is 24.1. The zero-order chi connectivity index (χ0) is 20.4. The topological polar surface area (TPSA) is 77.4 Å². The van der Waals surface area contributed by atoms with Crippen LogP contribution in [-0.4, -0.2) is 19.3 Å². The molecule has 1 aromatic heterocycles. The van der Waals surface area contributed by atoms with Gasteiger partial charge in [0.1, 0.15) is 0 Å². The maximum atomic E-state index is 12.2. The molecule has 1 heterocycles. The number of aromatic nitrogens is 1. The van der Waals surface area contributed by atoms with Crippen LogP contribution in [0.4, 0.5) is 11.4 Å². The second-order valence-electron chi connectivity index (χ2n) is 6.49. The van der Waals surface area contributed by atoms with Gasteiger partial charge in [-0.05, 0) is 35.9 Å². The highest BCUT2D eigenvalue weighted by molar-refractivity contribution is 7.80. The summed E-state index contributed by atoms with van der Waals surface area (Å²) in [5.74, 6) is -0.189. The Balaban J connectivity index is 1.85. The monoisotopic (exact) mass is 404 g/mol. The molecule has 1 atom stereocenters. The number of hydrogen-bond acceptors (Lipinski definition) is 3. The molecule has 0 fully saturated rings. The Labute approximate surface area is 170 Å². The lowest BCUT2D eigenvalue weighted by Gasteiger charge is -2.28. The maximum absolute atomic E-state index is 12.2. The molecule has 3 aromatic carbocycles. The third-order valence-corrected chi connectivity index (χ3v) is 5.19. The first-order valence-electron chi connectivity index (χ1n) is 8.97. The number of anilines is 2. The first kappa shape index (κ1) is 18.9. The molecule has 29 heavy (non-hydrogen) atoms. The standard InChI is InChI=1S/C22H19N3O3S/c1-16(26)23-18-11-13-19(14-12-18)25(29(27)28)24-15-21(17-7-3-2-4-8-17)20-9-5-6-10-22(20)24/h2-15H,1H3,(H,23,26)(H,27,28)/p-1. The van der Waals surface area contributed by atoms with Crippen LogP contribution in [0.1, 0.15) is 6.92 Å². The summed E-state index contributed by atoms with van der Waals surface area (Å²) in [5.41, 5.74) is 3.75. The summed E-state index contributed by atoms with van der Waals surface area (Å²) in [7, 11) is 0. The van der Waals surface area contributed by atoms with E-state index in [0.717, 1.165) is 22.0 Å². The van der Waals surface area contributed by atoms with Crippen molar-refractivity contribution in [3.63, 3.8) is 0 Å². The Morgan fingerprint density at radius 1 is 0.966 bits per heavy atom. The molecule has 4 aromatic rings. The van der Waals surface area contributed by atoms with E-state index < -0.39 is 11.3 Å². The minimum Gasteiger partial charge on any atom is -0.754 e. The maximum Gasteiger partial charge on any atom is 0.221 e. The molecule has 7 heteroatoms. The van der Waals surface area contributed by atoms with Crippen LogP contribution in [0, 0.1) is 0 Å². The van der Waals surface area contributed by atoms with Crippen LogP contribution in [0.2, 0.25) is 0 Å². The second kappa shape index (κ2) is 7.90. The van der Waals surface area contributed by atoms with Crippen molar-refractivity contribution in [1.82, 2.24) is 4.68 Å². The molecular formula is C22H18N3O3S-. The van der Waals surface area contributed by atoms with E-state index in [1.165, 1.54) is 11.3 Å². The summed E-state index contributed by atoms with van der Waals surface area (Å²) >= 11 is -2.56. The van der Waals surface area contributed by atoms with Crippen LogP contribution in [0.5, 0.6) is 0 Å². The lowest BCUT2D eigenvalue weighted by molar-refractivity contribution is -0.114. The normalized spacial score (nSPS) is 11.9. The molecule has 146 valence electrons. The SMILES string of the molecule is CC(=O)Nc1ccc(N(n2cc(-c3ccccc3)c3ccccc32)S(=O)[O-])cc1. The van der Waals surface area contributed by atoms with Crippen molar-refractivity contribution in [1.29, 1.82) is 0 Å². The van der Waals surface area contributed by atoms with Crippen molar-refractivity contribution in [2.45, 2.75) is 6.92 Å². The lowest BCUT2D eigenvalue weighted by atomic mass is 10.1. The number of carbonyl (C=O) groups excluding carboxylic acids is 1. The number of hydrogen-bond donors (Lipinski definition) is 1. The number of para-hydroxylation sites is 1. The van der Waals surface area contributed by atoms with Crippen molar-refractivity contribution in [2.75, 3.05) is 9.73 Å². The molecule has 0 aliphatic rings. The van der Waals surface area contributed by atoms with Gasteiger partial charge in [-0.15, -0.1) is 0 Å². The molecule has 0 bridgehead atoms. The van der Waals surface area contributed by atoms with Gasteiger partial charge in [0.25, 0.3) is 0 Å². The average molecular weight is 404 g/mol.